The van der Waals surface area contributed by atoms with E-state index in [9.17, 15) is 4.79 Å². The summed E-state index contributed by atoms with van der Waals surface area (Å²) in [5.41, 5.74) is 6.92. The average Bonchev–Trinajstić information content (AvgIpc) is 3.20. The van der Waals surface area contributed by atoms with Gasteiger partial charge >= 0.3 is 6.03 Å². The summed E-state index contributed by atoms with van der Waals surface area (Å²) in [4.78, 5) is 13.1. The van der Waals surface area contributed by atoms with E-state index in [1.807, 2.05) is 0 Å². The van der Waals surface area contributed by atoms with Crippen LogP contribution in [0.1, 0.15) is 12.8 Å². The van der Waals surface area contributed by atoms with Crippen molar-refractivity contribution in [3.8, 4) is 0 Å². The molecule has 0 aromatic heterocycles. The minimum absolute atomic E-state index is 0. The number of amides is 2. The second kappa shape index (κ2) is 7.38. The quantitative estimate of drug-likeness (QED) is 0.389. The molecule has 0 saturated heterocycles. The molecule has 1 aromatic carbocycles. The van der Waals surface area contributed by atoms with Crippen molar-refractivity contribution in [2.24, 2.45) is 5.92 Å². The standard InChI is InChI=1S/C13H18ClN5O.ClH/c1-17-13(20)18-12(16)19(7-8-2-3-8)11-5-4-9(15)6-10(11)14;/h4-6,8H,2-3,7,15H2,1H3,(H3,16,17,18,20);1H. The average molecular weight is 332 g/mol. The van der Waals surface area contributed by atoms with Gasteiger partial charge in [0.05, 0.1) is 10.7 Å². The molecule has 1 aromatic rings. The molecule has 1 aliphatic rings. The molecule has 0 aliphatic heterocycles. The SMILES string of the molecule is CNC(=O)NC(=N)N(CC1CC1)c1ccc(N)cc1Cl.Cl. The molecule has 1 aliphatic carbocycles. The van der Waals surface area contributed by atoms with Crippen LogP contribution in [0.2, 0.25) is 5.02 Å². The number of hydrogen-bond donors (Lipinski definition) is 4. The van der Waals surface area contributed by atoms with E-state index in [4.69, 9.17) is 22.7 Å². The third kappa shape index (κ3) is 4.68. The van der Waals surface area contributed by atoms with Crippen LogP contribution in [0.25, 0.3) is 0 Å². The van der Waals surface area contributed by atoms with Crippen molar-refractivity contribution in [3.05, 3.63) is 23.2 Å². The van der Waals surface area contributed by atoms with E-state index in [1.54, 1.807) is 23.1 Å². The zero-order valence-corrected chi connectivity index (χ0v) is 13.2. The van der Waals surface area contributed by atoms with E-state index in [0.717, 1.165) is 12.8 Å². The lowest BCUT2D eigenvalue weighted by Gasteiger charge is -2.26. The zero-order chi connectivity index (χ0) is 14.7. The van der Waals surface area contributed by atoms with Crippen molar-refractivity contribution >= 4 is 47.4 Å². The van der Waals surface area contributed by atoms with Gasteiger partial charge in [-0.25, -0.2) is 4.79 Å². The van der Waals surface area contributed by atoms with Crippen molar-refractivity contribution in [1.82, 2.24) is 10.6 Å². The van der Waals surface area contributed by atoms with Gasteiger partial charge in [0, 0.05) is 19.3 Å². The van der Waals surface area contributed by atoms with Crippen LogP contribution in [0.4, 0.5) is 16.2 Å². The molecule has 0 bridgehead atoms. The minimum atomic E-state index is -0.428. The molecule has 0 unspecified atom stereocenters. The number of carbonyl (C=O) groups excluding carboxylic acids is 1. The molecule has 2 rings (SSSR count). The largest absolute Gasteiger partial charge is 0.399 e. The third-order valence-electron chi connectivity index (χ3n) is 3.13. The summed E-state index contributed by atoms with van der Waals surface area (Å²) in [6.07, 6.45) is 2.27. The van der Waals surface area contributed by atoms with E-state index >= 15 is 0 Å². The van der Waals surface area contributed by atoms with Gasteiger partial charge in [0.25, 0.3) is 0 Å². The monoisotopic (exact) mass is 331 g/mol. The smallest absolute Gasteiger partial charge is 0.321 e. The van der Waals surface area contributed by atoms with Crippen molar-refractivity contribution < 1.29 is 4.79 Å². The van der Waals surface area contributed by atoms with Gasteiger partial charge in [-0.2, -0.15) is 0 Å². The maximum absolute atomic E-state index is 11.4. The molecule has 21 heavy (non-hydrogen) atoms. The van der Waals surface area contributed by atoms with Crippen molar-refractivity contribution in [2.75, 3.05) is 24.2 Å². The molecule has 0 spiro atoms. The van der Waals surface area contributed by atoms with Crippen LogP contribution in [0.3, 0.4) is 0 Å². The molecular weight excluding hydrogens is 313 g/mol. The fraction of sp³-hybridized carbons (Fsp3) is 0.385. The normalized spacial score (nSPS) is 13.0. The summed E-state index contributed by atoms with van der Waals surface area (Å²) >= 11 is 6.20. The van der Waals surface area contributed by atoms with Gasteiger partial charge in [-0.1, -0.05) is 11.6 Å². The van der Waals surface area contributed by atoms with Crippen LogP contribution < -0.4 is 21.3 Å². The molecule has 2 amide bonds. The van der Waals surface area contributed by atoms with Gasteiger partial charge in [-0.05, 0) is 37.0 Å². The lowest BCUT2D eigenvalue weighted by molar-refractivity contribution is 0.247. The topological polar surface area (TPSA) is 94.2 Å². The number of nitrogen functional groups attached to an aromatic ring is 1. The minimum Gasteiger partial charge on any atom is -0.399 e. The van der Waals surface area contributed by atoms with E-state index < -0.39 is 6.03 Å². The van der Waals surface area contributed by atoms with Gasteiger partial charge in [-0.3, -0.25) is 10.7 Å². The molecule has 0 radical (unpaired) electrons. The fourth-order valence-electron chi connectivity index (χ4n) is 1.85. The summed E-state index contributed by atoms with van der Waals surface area (Å²) in [5, 5.41) is 13.4. The summed E-state index contributed by atoms with van der Waals surface area (Å²) < 4.78 is 0. The third-order valence-corrected chi connectivity index (χ3v) is 3.43. The molecule has 5 N–H and O–H groups in total. The van der Waals surface area contributed by atoms with Crippen molar-refractivity contribution in [1.29, 1.82) is 5.41 Å². The number of carbonyl (C=O) groups is 1. The van der Waals surface area contributed by atoms with Gasteiger partial charge in [0.1, 0.15) is 0 Å². The summed E-state index contributed by atoms with van der Waals surface area (Å²) in [7, 11) is 1.50. The van der Waals surface area contributed by atoms with Crippen LogP contribution in [-0.2, 0) is 0 Å². The number of urea groups is 1. The second-order valence-corrected chi connectivity index (χ2v) is 5.22. The van der Waals surface area contributed by atoms with Crippen LogP contribution >= 0.6 is 24.0 Å². The Kier molecular flexibility index (Phi) is 6.11. The van der Waals surface area contributed by atoms with E-state index in [0.29, 0.717) is 28.9 Å². The zero-order valence-electron chi connectivity index (χ0n) is 11.6. The first-order chi connectivity index (χ1) is 9.51. The molecule has 6 nitrogen and oxygen atoms in total. The Hall–Kier alpha value is -1.66. The number of nitrogens with zero attached hydrogens (tertiary/aromatic N) is 1. The Balaban J connectivity index is 0.00000220. The van der Waals surface area contributed by atoms with Crippen LogP contribution in [0.15, 0.2) is 18.2 Å². The Labute approximate surface area is 134 Å². The molecule has 0 atom stereocenters. The number of anilines is 2. The van der Waals surface area contributed by atoms with E-state index in [-0.39, 0.29) is 18.4 Å². The lowest BCUT2D eigenvalue weighted by Crippen LogP contribution is -2.47. The maximum atomic E-state index is 11.4. The number of benzene rings is 1. The molecule has 1 fully saturated rings. The fourth-order valence-corrected chi connectivity index (χ4v) is 2.14. The van der Waals surface area contributed by atoms with E-state index in [2.05, 4.69) is 10.6 Å². The number of nitrogens with two attached hydrogens (primary N) is 1. The van der Waals surface area contributed by atoms with Crippen molar-refractivity contribution in [2.45, 2.75) is 12.8 Å². The second-order valence-electron chi connectivity index (χ2n) is 4.82. The summed E-state index contributed by atoms with van der Waals surface area (Å²) in [6, 6.07) is 4.71. The predicted octanol–water partition coefficient (Wildman–Crippen LogP) is 2.42. The predicted molar refractivity (Wildman–Crippen MR) is 88.5 cm³/mol. The number of rotatable bonds is 3. The van der Waals surface area contributed by atoms with Crippen LogP contribution in [0.5, 0.6) is 0 Å². The number of nitrogens with one attached hydrogen (secondary N) is 3. The van der Waals surface area contributed by atoms with Crippen molar-refractivity contribution in [3.63, 3.8) is 0 Å². The number of guanidine groups is 1. The molecule has 1 saturated carbocycles. The first-order valence-corrected chi connectivity index (χ1v) is 6.79. The Morgan fingerprint density at radius 2 is 2.19 bits per heavy atom. The Bertz CT molecular complexity index is 533. The van der Waals surface area contributed by atoms with Gasteiger partial charge in [-0.15, -0.1) is 12.4 Å². The molecule has 116 valence electrons. The van der Waals surface area contributed by atoms with Crippen LogP contribution in [0, 0.1) is 11.3 Å². The van der Waals surface area contributed by atoms with Gasteiger partial charge in [0.2, 0.25) is 5.96 Å². The molecule has 0 heterocycles. The summed E-state index contributed by atoms with van der Waals surface area (Å²) in [5.74, 6) is 0.540. The number of hydrogen-bond acceptors (Lipinski definition) is 3. The number of halogens is 2. The highest BCUT2D eigenvalue weighted by Crippen LogP contribution is 2.34. The highest BCUT2D eigenvalue weighted by molar-refractivity contribution is 6.34. The Morgan fingerprint density at radius 1 is 1.52 bits per heavy atom. The van der Waals surface area contributed by atoms with Gasteiger partial charge < -0.3 is 16.0 Å². The highest BCUT2D eigenvalue weighted by Gasteiger charge is 2.27. The lowest BCUT2D eigenvalue weighted by atomic mass is 10.2. The Morgan fingerprint density at radius 3 is 2.71 bits per heavy atom. The van der Waals surface area contributed by atoms with E-state index in [1.165, 1.54) is 7.05 Å². The molecule has 8 heteroatoms. The van der Waals surface area contributed by atoms with Gasteiger partial charge in [0.15, 0.2) is 0 Å². The maximum Gasteiger partial charge on any atom is 0.321 e. The van der Waals surface area contributed by atoms with Crippen LogP contribution in [-0.4, -0.2) is 25.6 Å². The summed E-state index contributed by atoms with van der Waals surface area (Å²) in [6.45, 7) is 0.659. The first-order valence-electron chi connectivity index (χ1n) is 6.41. The first kappa shape index (κ1) is 17.4. The molecular formula is C13H19Cl2N5O. The highest BCUT2D eigenvalue weighted by atomic mass is 35.5.